The number of hydrogen-bond donors (Lipinski definition) is 2. The summed E-state index contributed by atoms with van der Waals surface area (Å²) in [6.07, 6.45) is 0. The molecule has 0 aliphatic heterocycles. The molecule has 2 N–H and O–H groups in total. The Labute approximate surface area is 120 Å². The van der Waals surface area contributed by atoms with E-state index in [1.165, 1.54) is 18.2 Å². The van der Waals surface area contributed by atoms with Gasteiger partial charge in [0, 0.05) is 17.4 Å². The van der Waals surface area contributed by atoms with Gasteiger partial charge < -0.3 is 10.4 Å². The van der Waals surface area contributed by atoms with Crippen molar-refractivity contribution in [2.45, 2.75) is 13.8 Å². The van der Waals surface area contributed by atoms with Crippen LogP contribution in [0.3, 0.4) is 0 Å². The van der Waals surface area contributed by atoms with Crippen LogP contribution in [0.15, 0.2) is 30.3 Å². The van der Waals surface area contributed by atoms with Crippen molar-refractivity contribution in [2.24, 2.45) is 0 Å². The topological polar surface area (TPSA) is 105 Å². The van der Waals surface area contributed by atoms with Crippen LogP contribution in [0.25, 0.3) is 0 Å². The van der Waals surface area contributed by atoms with Gasteiger partial charge in [-0.2, -0.15) is 0 Å². The second-order valence-corrected chi connectivity index (χ2v) is 4.50. The highest BCUT2D eigenvalue weighted by Gasteiger charge is 2.20. The average Bonchev–Trinajstić information content (AvgIpc) is 2.41. The largest absolute Gasteiger partial charge is 0.477 e. The fraction of sp³-hybridized carbons (Fsp3) is 0.143. The summed E-state index contributed by atoms with van der Waals surface area (Å²) in [6.45, 7) is 3.68. The molecule has 0 aliphatic rings. The molecule has 0 saturated heterocycles. The van der Waals surface area contributed by atoms with Crippen LogP contribution in [0.5, 0.6) is 0 Å². The molecule has 7 heteroatoms. The Balaban J connectivity index is 2.39. The van der Waals surface area contributed by atoms with E-state index in [-0.39, 0.29) is 5.56 Å². The maximum atomic E-state index is 11.0. The zero-order valence-corrected chi connectivity index (χ0v) is 11.5. The fourth-order valence-electron chi connectivity index (χ4n) is 1.92. The van der Waals surface area contributed by atoms with Crippen LogP contribution in [0, 0.1) is 24.0 Å². The quantitative estimate of drug-likeness (QED) is 0.661. The zero-order chi connectivity index (χ0) is 15.6. The van der Waals surface area contributed by atoms with E-state index < -0.39 is 16.6 Å². The first-order chi connectivity index (χ1) is 9.88. The first-order valence-corrected chi connectivity index (χ1v) is 6.11. The molecular weight excluding hydrogens is 274 g/mol. The summed E-state index contributed by atoms with van der Waals surface area (Å²) in [5.74, 6) is -1.33. The van der Waals surface area contributed by atoms with E-state index in [0.29, 0.717) is 11.4 Å². The van der Waals surface area contributed by atoms with Crippen molar-refractivity contribution in [3.05, 3.63) is 57.4 Å². The molecule has 21 heavy (non-hydrogen) atoms. The van der Waals surface area contributed by atoms with Gasteiger partial charge in [-0.05, 0) is 38.1 Å². The molecule has 0 radical (unpaired) electrons. The van der Waals surface area contributed by atoms with Crippen LogP contribution < -0.4 is 5.32 Å². The predicted octanol–water partition coefficient (Wildman–Crippen LogP) is 3.05. The highest BCUT2D eigenvalue weighted by atomic mass is 16.6. The second-order valence-electron chi connectivity index (χ2n) is 4.50. The summed E-state index contributed by atoms with van der Waals surface area (Å²) >= 11 is 0. The lowest BCUT2D eigenvalue weighted by Crippen LogP contribution is -2.04. The molecule has 0 unspecified atom stereocenters. The number of nitrogens with zero attached hydrogens (tertiary/aromatic N) is 2. The van der Waals surface area contributed by atoms with Crippen LogP contribution in [0.2, 0.25) is 0 Å². The third kappa shape index (κ3) is 3.14. The molecule has 7 nitrogen and oxygen atoms in total. The Morgan fingerprint density at radius 1 is 1.29 bits per heavy atom. The number of carbonyl (C=O) groups is 1. The number of nitrogens with one attached hydrogen (secondary N) is 1. The molecule has 0 bridgehead atoms. The van der Waals surface area contributed by atoms with Gasteiger partial charge in [0.1, 0.15) is 5.56 Å². The van der Waals surface area contributed by atoms with Crippen LogP contribution in [0.1, 0.15) is 21.7 Å². The van der Waals surface area contributed by atoms with E-state index in [1.807, 2.05) is 26.0 Å². The number of nitro benzene ring substituents is 1. The van der Waals surface area contributed by atoms with Crippen LogP contribution in [-0.2, 0) is 0 Å². The van der Waals surface area contributed by atoms with Crippen molar-refractivity contribution in [3.8, 4) is 0 Å². The Bertz CT molecular complexity index is 728. The van der Waals surface area contributed by atoms with E-state index in [0.717, 1.165) is 11.4 Å². The first-order valence-electron chi connectivity index (χ1n) is 6.11. The summed E-state index contributed by atoms with van der Waals surface area (Å²) < 4.78 is 0. The van der Waals surface area contributed by atoms with Crippen LogP contribution in [-0.4, -0.2) is 21.0 Å². The molecule has 0 saturated carbocycles. The van der Waals surface area contributed by atoms with Crippen molar-refractivity contribution < 1.29 is 14.8 Å². The average molecular weight is 287 g/mol. The molecule has 108 valence electrons. The summed E-state index contributed by atoms with van der Waals surface area (Å²) in [5, 5.41) is 22.9. The van der Waals surface area contributed by atoms with E-state index in [1.54, 1.807) is 0 Å². The highest BCUT2D eigenvalue weighted by molar-refractivity contribution is 5.93. The van der Waals surface area contributed by atoms with Gasteiger partial charge in [0.2, 0.25) is 0 Å². The van der Waals surface area contributed by atoms with Crippen molar-refractivity contribution in [1.82, 2.24) is 4.98 Å². The SMILES string of the molecule is Cc1ccc(Nc2ccc(C(=O)O)c([N+](=O)[O-])c2)c(C)n1. The lowest BCUT2D eigenvalue weighted by atomic mass is 10.1. The third-order valence-electron chi connectivity index (χ3n) is 2.93. The molecular formula is C14H13N3O4. The molecule has 0 spiro atoms. The monoisotopic (exact) mass is 287 g/mol. The zero-order valence-electron chi connectivity index (χ0n) is 11.5. The van der Waals surface area contributed by atoms with Gasteiger partial charge in [-0.3, -0.25) is 15.1 Å². The first kappa shape index (κ1) is 14.4. The fourth-order valence-corrected chi connectivity index (χ4v) is 1.92. The molecule has 0 aliphatic carbocycles. The van der Waals surface area contributed by atoms with Gasteiger partial charge >= 0.3 is 5.97 Å². The highest BCUT2D eigenvalue weighted by Crippen LogP contribution is 2.26. The predicted molar refractivity (Wildman–Crippen MR) is 77.0 cm³/mol. The van der Waals surface area contributed by atoms with Gasteiger partial charge in [-0.15, -0.1) is 0 Å². The lowest BCUT2D eigenvalue weighted by molar-refractivity contribution is -0.385. The minimum Gasteiger partial charge on any atom is -0.477 e. The summed E-state index contributed by atoms with van der Waals surface area (Å²) in [7, 11) is 0. The minimum absolute atomic E-state index is 0.343. The Morgan fingerprint density at radius 2 is 2.00 bits per heavy atom. The number of carboxylic acid groups (broad SMARTS) is 1. The van der Waals surface area contributed by atoms with Gasteiger partial charge in [-0.25, -0.2) is 4.79 Å². The van der Waals surface area contributed by atoms with Crippen molar-refractivity contribution in [3.63, 3.8) is 0 Å². The molecule has 2 aromatic rings. The van der Waals surface area contributed by atoms with E-state index in [9.17, 15) is 14.9 Å². The van der Waals surface area contributed by atoms with Gasteiger partial charge in [0.15, 0.2) is 0 Å². The van der Waals surface area contributed by atoms with Gasteiger partial charge in [-0.1, -0.05) is 0 Å². The van der Waals surface area contributed by atoms with E-state index in [4.69, 9.17) is 5.11 Å². The molecule has 1 aromatic carbocycles. The summed E-state index contributed by atoms with van der Waals surface area (Å²) in [6, 6.07) is 7.52. The number of hydrogen-bond acceptors (Lipinski definition) is 5. The number of aryl methyl sites for hydroxylation is 2. The standard InChI is InChI=1S/C14H13N3O4/c1-8-3-6-12(9(2)15-8)16-10-4-5-11(14(18)19)13(7-10)17(20)21/h3-7,16H,1-2H3,(H,18,19). The normalized spacial score (nSPS) is 10.2. The molecule has 0 atom stereocenters. The number of rotatable bonds is 4. The van der Waals surface area contributed by atoms with Crippen molar-refractivity contribution in [1.29, 1.82) is 0 Å². The molecule has 0 amide bonds. The van der Waals surface area contributed by atoms with E-state index in [2.05, 4.69) is 10.3 Å². The van der Waals surface area contributed by atoms with Gasteiger partial charge in [0.05, 0.1) is 16.3 Å². The third-order valence-corrected chi connectivity index (χ3v) is 2.93. The number of anilines is 2. The number of aromatic nitrogens is 1. The lowest BCUT2D eigenvalue weighted by Gasteiger charge is -2.10. The number of pyridine rings is 1. The summed E-state index contributed by atoms with van der Waals surface area (Å²) in [5.41, 5.74) is 1.96. The Morgan fingerprint density at radius 3 is 2.57 bits per heavy atom. The number of aromatic carboxylic acids is 1. The smallest absolute Gasteiger partial charge is 0.342 e. The maximum absolute atomic E-state index is 11.0. The Hall–Kier alpha value is -2.96. The van der Waals surface area contributed by atoms with Crippen LogP contribution in [0.4, 0.5) is 17.1 Å². The van der Waals surface area contributed by atoms with Crippen LogP contribution >= 0.6 is 0 Å². The number of benzene rings is 1. The molecule has 1 heterocycles. The minimum atomic E-state index is -1.33. The number of nitro groups is 1. The second kappa shape index (κ2) is 5.58. The Kier molecular flexibility index (Phi) is 3.84. The molecule has 0 fully saturated rings. The molecule has 2 rings (SSSR count). The molecule has 1 aromatic heterocycles. The van der Waals surface area contributed by atoms with Crippen molar-refractivity contribution >= 4 is 23.0 Å². The van der Waals surface area contributed by atoms with Crippen molar-refractivity contribution in [2.75, 3.05) is 5.32 Å². The van der Waals surface area contributed by atoms with E-state index >= 15 is 0 Å². The maximum Gasteiger partial charge on any atom is 0.342 e. The summed E-state index contributed by atoms with van der Waals surface area (Å²) in [4.78, 5) is 25.5. The van der Waals surface area contributed by atoms with Gasteiger partial charge in [0.25, 0.3) is 5.69 Å². The number of carboxylic acids is 1.